The summed E-state index contributed by atoms with van der Waals surface area (Å²) in [5.41, 5.74) is 0. The molecule has 0 aromatic carbocycles. The quantitative estimate of drug-likeness (QED) is 0.792. The molecule has 1 saturated heterocycles. The van der Waals surface area contributed by atoms with Crippen molar-refractivity contribution in [2.45, 2.75) is 25.3 Å². The van der Waals surface area contributed by atoms with Crippen LogP contribution < -0.4 is 10.2 Å². The Morgan fingerprint density at radius 3 is 3.00 bits per heavy atom. The van der Waals surface area contributed by atoms with Gasteiger partial charge in [-0.25, -0.2) is 4.98 Å². The van der Waals surface area contributed by atoms with Gasteiger partial charge in [-0.2, -0.15) is 0 Å². The summed E-state index contributed by atoms with van der Waals surface area (Å²) in [6, 6.07) is 0.719. The Hall–Kier alpha value is -1.32. The van der Waals surface area contributed by atoms with Crippen molar-refractivity contribution in [3.63, 3.8) is 0 Å². The second-order valence-corrected chi connectivity index (χ2v) is 4.50. The van der Waals surface area contributed by atoms with E-state index in [1.54, 1.807) is 6.20 Å². The zero-order valence-corrected chi connectivity index (χ0v) is 8.98. The minimum Gasteiger partial charge on any atom is -0.372 e. The first-order valence-corrected chi connectivity index (χ1v) is 5.63. The van der Waals surface area contributed by atoms with Crippen molar-refractivity contribution in [3.8, 4) is 0 Å². The maximum Gasteiger partial charge on any atom is 0.149 e. The van der Waals surface area contributed by atoms with E-state index in [2.05, 4.69) is 20.2 Å². The highest BCUT2D eigenvalue weighted by atomic mass is 15.3. The molecule has 15 heavy (non-hydrogen) atoms. The lowest BCUT2D eigenvalue weighted by atomic mass is 10.1. The molecule has 2 unspecified atom stereocenters. The molecule has 80 valence electrons. The fraction of sp³-hybridized carbons (Fsp3) is 0.636. The Labute approximate surface area is 89.7 Å². The molecule has 1 saturated carbocycles. The topological polar surface area (TPSA) is 41.1 Å². The molecule has 0 amide bonds. The van der Waals surface area contributed by atoms with Gasteiger partial charge in [0.15, 0.2) is 0 Å². The van der Waals surface area contributed by atoms with Crippen LogP contribution in [0.15, 0.2) is 12.4 Å². The molecule has 4 heteroatoms. The van der Waals surface area contributed by atoms with Crippen molar-refractivity contribution in [1.29, 1.82) is 0 Å². The largest absolute Gasteiger partial charge is 0.372 e. The number of hydrogen-bond acceptors (Lipinski definition) is 4. The van der Waals surface area contributed by atoms with E-state index < -0.39 is 0 Å². The number of aromatic nitrogens is 2. The summed E-state index contributed by atoms with van der Waals surface area (Å²) in [4.78, 5) is 11.2. The third-order valence-electron chi connectivity index (χ3n) is 3.58. The fourth-order valence-electron chi connectivity index (χ4n) is 2.82. The summed E-state index contributed by atoms with van der Waals surface area (Å²) >= 11 is 0. The molecular weight excluding hydrogens is 188 g/mol. The highest BCUT2D eigenvalue weighted by Gasteiger charge is 2.38. The van der Waals surface area contributed by atoms with Crippen LogP contribution in [0, 0.1) is 5.92 Å². The van der Waals surface area contributed by atoms with E-state index >= 15 is 0 Å². The number of anilines is 2. The van der Waals surface area contributed by atoms with Crippen molar-refractivity contribution in [1.82, 2.24) is 9.97 Å². The molecule has 0 radical (unpaired) electrons. The SMILES string of the molecule is CNc1cncc(N2CC3CCC2C3)n1. The lowest BCUT2D eigenvalue weighted by molar-refractivity contribution is 0.550. The van der Waals surface area contributed by atoms with E-state index in [9.17, 15) is 0 Å². The van der Waals surface area contributed by atoms with E-state index in [-0.39, 0.29) is 0 Å². The second-order valence-electron chi connectivity index (χ2n) is 4.50. The number of hydrogen-bond donors (Lipinski definition) is 1. The van der Waals surface area contributed by atoms with Crippen LogP contribution in [0.4, 0.5) is 11.6 Å². The van der Waals surface area contributed by atoms with Crippen LogP contribution in [0.1, 0.15) is 19.3 Å². The minimum absolute atomic E-state index is 0.719. The normalized spacial score (nSPS) is 28.5. The zero-order chi connectivity index (χ0) is 10.3. The number of piperidine rings is 1. The maximum atomic E-state index is 4.54. The van der Waals surface area contributed by atoms with Crippen molar-refractivity contribution < 1.29 is 0 Å². The molecule has 1 aliphatic carbocycles. The smallest absolute Gasteiger partial charge is 0.149 e. The summed E-state index contributed by atoms with van der Waals surface area (Å²) in [6.07, 6.45) is 7.72. The van der Waals surface area contributed by atoms with Crippen molar-refractivity contribution in [3.05, 3.63) is 12.4 Å². The first-order valence-electron chi connectivity index (χ1n) is 5.63. The first-order chi connectivity index (χ1) is 7.36. The third kappa shape index (κ3) is 1.44. The molecular formula is C11H16N4. The maximum absolute atomic E-state index is 4.54. The van der Waals surface area contributed by atoms with Gasteiger partial charge in [0.2, 0.25) is 0 Å². The summed E-state index contributed by atoms with van der Waals surface area (Å²) in [6.45, 7) is 1.17. The van der Waals surface area contributed by atoms with Gasteiger partial charge in [-0.1, -0.05) is 0 Å². The van der Waals surface area contributed by atoms with Crippen molar-refractivity contribution >= 4 is 11.6 Å². The third-order valence-corrected chi connectivity index (χ3v) is 3.58. The molecule has 2 aliphatic rings. The molecule has 1 aliphatic heterocycles. The highest BCUT2D eigenvalue weighted by molar-refractivity contribution is 5.46. The predicted molar refractivity (Wildman–Crippen MR) is 60.1 cm³/mol. The number of nitrogens with zero attached hydrogens (tertiary/aromatic N) is 3. The Morgan fingerprint density at radius 2 is 2.33 bits per heavy atom. The summed E-state index contributed by atoms with van der Waals surface area (Å²) in [5, 5.41) is 3.03. The highest BCUT2D eigenvalue weighted by Crippen LogP contribution is 2.39. The molecule has 2 fully saturated rings. The molecule has 2 bridgehead atoms. The van der Waals surface area contributed by atoms with Gasteiger partial charge in [0.05, 0.1) is 12.4 Å². The van der Waals surface area contributed by atoms with E-state index in [1.807, 2.05) is 13.2 Å². The number of rotatable bonds is 2. The Bertz CT molecular complexity index is 365. The molecule has 0 spiro atoms. The molecule has 2 atom stereocenters. The number of nitrogens with one attached hydrogen (secondary N) is 1. The van der Waals surface area contributed by atoms with E-state index in [4.69, 9.17) is 0 Å². The van der Waals surface area contributed by atoms with Crippen LogP contribution in [-0.2, 0) is 0 Å². The van der Waals surface area contributed by atoms with Crippen LogP contribution in [0.3, 0.4) is 0 Å². The Balaban J connectivity index is 1.86. The van der Waals surface area contributed by atoms with Crippen LogP contribution in [0.5, 0.6) is 0 Å². The van der Waals surface area contributed by atoms with Crippen molar-refractivity contribution in [2.75, 3.05) is 23.8 Å². The van der Waals surface area contributed by atoms with Crippen LogP contribution in [0.2, 0.25) is 0 Å². The molecule has 1 aromatic heterocycles. The van der Waals surface area contributed by atoms with E-state index in [0.29, 0.717) is 0 Å². The first kappa shape index (κ1) is 8.95. The minimum atomic E-state index is 0.719. The van der Waals surface area contributed by atoms with Gasteiger partial charge in [0.1, 0.15) is 11.6 Å². The Morgan fingerprint density at radius 1 is 1.40 bits per heavy atom. The monoisotopic (exact) mass is 204 g/mol. The van der Waals surface area contributed by atoms with Gasteiger partial charge >= 0.3 is 0 Å². The average Bonchev–Trinajstić information content (AvgIpc) is 2.91. The van der Waals surface area contributed by atoms with Gasteiger partial charge in [0.25, 0.3) is 0 Å². The van der Waals surface area contributed by atoms with E-state index in [1.165, 1.54) is 25.8 Å². The fourth-order valence-corrected chi connectivity index (χ4v) is 2.82. The molecule has 1 N–H and O–H groups in total. The van der Waals surface area contributed by atoms with Crippen molar-refractivity contribution in [2.24, 2.45) is 5.92 Å². The number of fused-ring (bicyclic) bond motifs is 2. The zero-order valence-electron chi connectivity index (χ0n) is 8.98. The molecule has 3 rings (SSSR count). The van der Waals surface area contributed by atoms with Crippen LogP contribution in [-0.4, -0.2) is 29.6 Å². The van der Waals surface area contributed by atoms with E-state index in [0.717, 1.165) is 23.6 Å². The summed E-state index contributed by atoms with van der Waals surface area (Å²) < 4.78 is 0. The van der Waals surface area contributed by atoms with Gasteiger partial charge in [-0.3, -0.25) is 4.98 Å². The van der Waals surface area contributed by atoms with Gasteiger partial charge in [-0.05, 0) is 25.2 Å². The van der Waals surface area contributed by atoms with Gasteiger partial charge in [-0.15, -0.1) is 0 Å². The lowest BCUT2D eigenvalue weighted by Crippen LogP contribution is -2.32. The van der Waals surface area contributed by atoms with Gasteiger partial charge < -0.3 is 10.2 Å². The summed E-state index contributed by atoms with van der Waals surface area (Å²) in [5.74, 6) is 2.79. The average molecular weight is 204 g/mol. The van der Waals surface area contributed by atoms with Gasteiger partial charge in [0, 0.05) is 19.6 Å². The Kier molecular flexibility index (Phi) is 2.01. The molecule has 4 nitrogen and oxygen atoms in total. The molecule has 2 heterocycles. The van der Waals surface area contributed by atoms with Crippen LogP contribution >= 0.6 is 0 Å². The predicted octanol–water partition coefficient (Wildman–Crippen LogP) is 1.51. The molecule has 1 aromatic rings. The van der Waals surface area contributed by atoms with Crippen LogP contribution in [0.25, 0.3) is 0 Å². The lowest BCUT2D eigenvalue weighted by Gasteiger charge is -2.27. The second kappa shape index (κ2) is 3.36. The standard InChI is InChI=1S/C11H16N4/c1-12-10-5-13-6-11(14-10)15-7-8-2-3-9(15)4-8/h5-6,8-9H,2-4,7H2,1H3,(H,12,14). The summed E-state index contributed by atoms with van der Waals surface area (Å²) in [7, 11) is 1.88.